The molecule has 110 valence electrons. The number of hydrogen-bond acceptors (Lipinski definition) is 4. The third-order valence-corrected chi connectivity index (χ3v) is 3.69. The lowest BCUT2D eigenvalue weighted by Gasteiger charge is -2.20. The number of nitrogens with zero attached hydrogens (tertiary/aromatic N) is 2. The highest BCUT2D eigenvalue weighted by Gasteiger charge is 2.09. The molecule has 0 radical (unpaired) electrons. The van der Waals surface area contributed by atoms with Crippen molar-refractivity contribution in [2.75, 3.05) is 11.9 Å². The molecule has 1 aromatic heterocycles. The highest BCUT2D eigenvalue weighted by atomic mass is 32.1. The van der Waals surface area contributed by atoms with Crippen LogP contribution in [0.2, 0.25) is 0 Å². The molecule has 2 rings (SSSR count). The summed E-state index contributed by atoms with van der Waals surface area (Å²) in [6, 6.07) is 4.31. The summed E-state index contributed by atoms with van der Waals surface area (Å²) >= 11 is 1.57. The Morgan fingerprint density at radius 2 is 2.29 bits per heavy atom. The van der Waals surface area contributed by atoms with Crippen LogP contribution in [0.1, 0.15) is 16.3 Å². The Kier molecular flexibility index (Phi) is 4.70. The van der Waals surface area contributed by atoms with Gasteiger partial charge in [-0.2, -0.15) is 0 Å². The van der Waals surface area contributed by atoms with E-state index < -0.39 is 11.8 Å². The molecule has 0 saturated carbocycles. The van der Waals surface area contributed by atoms with Crippen LogP contribution in [0.3, 0.4) is 0 Å². The lowest BCUT2D eigenvalue weighted by Crippen LogP contribution is -2.17. The molecule has 0 atom stereocenters. The van der Waals surface area contributed by atoms with E-state index in [1.54, 1.807) is 17.4 Å². The minimum absolute atomic E-state index is 0.401. The number of aryl methyl sites for hydroxylation is 1. The van der Waals surface area contributed by atoms with E-state index in [1.165, 1.54) is 18.2 Å². The average molecular weight is 306 g/mol. The lowest BCUT2D eigenvalue weighted by molar-refractivity contribution is -0.131. The number of halogens is 1. The Balaban J connectivity index is 2.27. The van der Waals surface area contributed by atoms with Crippen molar-refractivity contribution < 1.29 is 14.3 Å². The fourth-order valence-corrected chi connectivity index (χ4v) is 2.58. The number of rotatable bonds is 5. The fraction of sp³-hybridized carbons (Fsp3) is 0.200. The molecule has 21 heavy (non-hydrogen) atoms. The fourth-order valence-electron chi connectivity index (χ4n) is 1.98. The number of thiazole rings is 1. The molecule has 0 saturated heterocycles. The van der Waals surface area contributed by atoms with Crippen molar-refractivity contribution >= 4 is 29.1 Å². The van der Waals surface area contributed by atoms with E-state index in [0.717, 1.165) is 22.5 Å². The predicted octanol–water partition coefficient (Wildman–Crippen LogP) is 3.32. The molecule has 4 nitrogen and oxygen atoms in total. The van der Waals surface area contributed by atoms with Crippen molar-refractivity contribution in [3.8, 4) is 0 Å². The molecule has 0 aliphatic carbocycles. The molecular formula is C15H15FN2O2S. The number of anilines is 1. The first-order valence-electron chi connectivity index (χ1n) is 6.28. The Labute approximate surface area is 126 Å². The molecule has 1 N–H and O–H groups in total. The second kappa shape index (κ2) is 6.49. The number of hydrogen-bond donors (Lipinski definition) is 1. The van der Waals surface area contributed by atoms with Crippen LogP contribution in [0.4, 0.5) is 10.1 Å². The Morgan fingerprint density at radius 1 is 1.52 bits per heavy atom. The zero-order valence-corrected chi connectivity index (χ0v) is 12.5. The van der Waals surface area contributed by atoms with Gasteiger partial charge in [0, 0.05) is 29.8 Å². The van der Waals surface area contributed by atoms with Crippen LogP contribution in [0.5, 0.6) is 0 Å². The van der Waals surface area contributed by atoms with E-state index in [1.807, 2.05) is 24.3 Å². The maximum absolute atomic E-state index is 13.4. The second-order valence-corrected chi connectivity index (χ2v) is 5.65. The van der Waals surface area contributed by atoms with E-state index in [-0.39, 0.29) is 0 Å². The zero-order valence-electron chi connectivity index (χ0n) is 11.7. The molecule has 1 aromatic carbocycles. The van der Waals surface area contributed by atoms with E-state index in [4.69, 9.17) is 5.11 Å². The van der Waals surface area contributed by atoms with Crippen molar-refractivity contribution in [2.45, 2.75) is 13.5 Å². The number of benzene rings is 1. The van der Waals surface area contributed by atoms with E-state index in [0.29, 0.717) is 12.1 Å². The molecule has 2 aromatic rings. The van der Waals surface area contributed by atoms with Gasteiger partial charge in [-0.25, -0.2) is 14.2 Å². The van der Waals surface area contributed by atoms with E-state index in [2.05, 4.69) is 4.98 Å². The number of carboxylic acids is 1. The van der Waals surface area contributed by atoms with Crippen LogP contribution in [-0.4, -0.2) is 23.1 Å². The van der Waals surface area contributed by atoms with Gasteiger partial charge < -0.3 is 10.0 Å². The minimum atomic E-state index is -1.07. The second-order valence-electron chi connectivity index (χ2n) is 4.59. The Bertz CT molecular complexity index is 682. The topological polar surface area (TPSA) is 53.4 Å². The number of carboxylic acid groups (broad SMARTS) is 1. The Morgan fingerprint density at radius 3 is 2.90 bits per heavy atom. The molecule has 0 aliphatic heterocycles. The molecule has 0 fully saturated rings. The van der Waals surface area contributed by atoms with Crippen LogP contribution in [-0.2, 0) is 11.3 Å². The molecule has 0 amide bonds. The maximum atomic E-state index is 13.4. The monoisotopic (exact) mass is 306 g/mol. The molecule has 1 heterocycles. The summed E-state index contributed by atoms with van der Waals surface area (Å²) in [5, 5.41) is 11.7. The van der Waals surface area contributed by atoms with Gasteiger partial charge in [0.05, 0.1) is 17.2 Å². The molecular weight excluding hydrogens is 291 g/mol. The van der Waals surface area contributed by atoms with Crippen molar-refractivity contribution in [2.24, 2.45) is 0 Å². The highest BCUT2D eigenvalue weighted by Crippen LogP contribution is 2.24. The minimum Gasteiger partial charge on any atom is -0.478 e. The quantitative estimate of drug-likeness (QED) is 0.861. The van der Waals surface area contributed by atoms with Crippen LogP contribution in [0.15, 0.2) is 29.7 Å². The van der Waals surface area contributed by atoms with Gasteiger partial charge in [0.2, 0.25) is 0 Å². The molecule has 0 spiro atoms. The smallest absolute Gasteiger partial charge is 0.328 e. The van der Waals surface area contributed by atoms with Gasteiger partial charge in [-0.05, 0) is 31.2 Å². The zero-order chi connectivity index (χ0) is 15.4. The maximum Gasteiger partial charge on any atom is 0.328 e. The molecule has 0 unspecified atom stereocenters. The first-order chi connectivity index (χ1) is 9.95. The van der Waals surface area contributed by atoms with Gasteiger partial charge in [0.15, 0.2) is 0 Å². The van der Waals surface area contributed by atoms with Gasteiger partial charge in [-0.15, -0.1) is 11.3 Å². The van der Waals surface area contributed by atoms with Crippen LogP contribution in [0.25, 0.3) is 6.08 Å². The average Bonchev–Trinajstić information content (AvgIpc) is 2.81. The lowest BCUT2D eigenvalue weighted by atomic mass is 10.1. The summed E-state index contributed by atoms with van der Waals surface area (Å²) in [5.74, 6) is -1.47. The largest absolute Gasteiger partial charge is 0.478 e. The SMILES string of the molecule is Cc1nc(CN(C)c2ccc(F)cc2C=CC(=O)O)cs1. The van der Waals surface area contributed by atoms with Crippen molar-refractivity contribution in [1.82, 2.24) is 4.98 Å². The van der Waals surface area contributed by atoms with Crippen molar-refractivity contribution in [3.05, 3.63) is 51.7 Å². The van der Waals surface area contributed by atoms with Crippen LogP contribution < -0.4 is 4.90 Å². The van der Waals surface area contributed by atoms with Gasteiger partial charge in [0.25, 0.3) is 0 Å². The summed E-state index contributed by atoms with van der Waals surface area (Å²) < 4.78 is 13.4. The number of aromatic nitrogens is 1. The summed E-state index contributed by atoms with van der Waals surface area (Å²) in [4.78, 5) is 16.9. The van der Waals surface area contributed by atoms with Crippen molar-refractivity contribution in [1.29, 1.82) is 0 Å². The highest BCUT2D eigenvalue weighted by molar-refractivity contribution is 7.09. The van der Waals surface area contributed by atoms with E-state index >= 15 is 0 Å². The first-order valence-corrected chi connectivity index (χ1v) is 7.16. The first kappa shape index (κ1) is 15.2. The molecule has 0 bridgehead atoms. The summed E-state index contributed by atoms with van der Waals surface area (Å²) in [6.45, 7) is 2.51. The third-order valence-electron chi connectivity index (χ3n) is 2.87. The van der Waals surface area contributed by atoms with Crippen molar-refractivity contribution in [3.63, 3.8) is 0 Å². The summed E-state index contributed by atoms with van der Waals surface area (Å²) in [7, 11) is 1.86. The van der Waals surface area contributed by atoms with Gasteiger partial charge in [0.1, 0.15) is 5.82 Å². The van der Waals surface area contributed by atoms with Gasteiger partial charge >= 0.3 is 5.97 Å². The molecule has 0 aliphatic rings. The third kappa shape index (κ3) is 4.13. The standard InChI is InChI=1S/C15H15FN2O2S/c1-10-17-13(9-21-10)8-18(2)14-5-4-12(16)7-11(14)3-6-15(19)20/h3-7,9H,8H2,1-2H3,(H,19,20). The molecule has 6 heteroatoms. The summed E-state index contributed by atoms with van der Waals surface area (Å²) in [6.07, 6.45) is 2.39. The Hall–Kier alpha value is -2.21. The predicted molar refractivity (Wildman–Crippen MR) is 82.0 cm³/mol. The van der Waals surface area contributed by atoms with Gasteiger partial charge in [-0.1, -0.05) is 0 Å². The van der Waals surface area contributed by atoms with Crippen LogP contribution in [0, 0.1) is 12.7 Å². The number of aliphatic carboxylic acids is 1. The summed E-state index contributed by atoms with van der Waals surface area (Å²) in [5.41, 5.74) is 2.20. The van der Waals surface area contributed by atoms with E-state index in [9.17, 15) is 9.18 Å². The number of carbonyl (C=O) groups is 1. The normalized spacial score (nSPS) is 11.0. The van der Waals surface area contributed by atoms with Gasteiger partial charge in [-0.3, -0.25) is 0 Å². The van der Waals surface area contributed by atoms with Crippen LogP contribution >= 0.6 is 11.3 Å².